The summed E-state index contributed by atoms with van der Waals surface area (Å²) >= 11 is 0. The van der Waals surface area contributed by atoms with Gasteiger partial charge in [-0.3, -0.25) is 9.59 Å². The molecular formula is C27H35N5O3. The Bertz CT molecular complexity index is 1020. The fourth-order valence-corrected chi connectivity index (χ4v) is 5.85. The van der Waals surface area contributed by atoms with Crippen molar-refractivity contribution in [3.63, 3.8) is 0 Å². The Morgan fingerprint density at radius 3 is 2.37 bits per heavy atom. The standard InChI is InChI=1S/C27H35N5O3/c1-18-25(19(2)29-17-28-18)27(34)32-14-22-12-31(13-23(22)15-32)10-8-24(20-6-4-3-5-7-20)30-26(33)21-9-11-35-16-21/h3-7,17,21-24H,8-16H2,1-2H3,(H,30,33)/t21?,22?,23?,24-/m0/s1. The van der Waals surface area contributed by atoms with Crippen LogP contribution in [0.4, 0.5) is 0 Å². The number of likely N-dealkylation sites (tertiary alicyclic amines) is 2. The number of nitrogens with zero attached hydrogens (tertiary/aromatic N) is 4. The molecule has 3 unspecified atom stereocenters. The van der Waals surface area contributed by atoms with E-state index in [1.54, 1.807) is 0 Å². The van der Waals surface area contributed by atoms with Crippen LogP contribution in [0.25, 0.3) is 0 Å². The third-order valence-electron chi connectivity index (χ3n) is 7.84. The van der Waals surface area contributed by atoms with E-state index in [1.165, 1.54) is 6.33 Å². The number of aromatic nitrogens is 2. The number of ether oxygens (including phenoxy) is 1. The second-order valence-electron chi connectivity index (χ2n) is 10.2. The predicted octanol–water partition coefficient (Wildman–Crippen LogP) is 2.38. The molecule has 5 rings (SSSR count). The zero-order valence-corrected chi connectivity index (χ0v) is 20.7. The topological polar surface area (TPSA) is 87.7 Å². The number of hydrogen-bond acceptors (Lipinski definition) is 6. The molecule has 1 aromatic carbocycles. The number of fused-ring (bicyclic) bond motifs is 1. The molecule has 0 radical (unpaired) electrons. The van der Waals surface area contributed by atoms with E-state index in [2.05, 4.69) is 32.3 Å². The normalized spacial score (nSPS) is 25.0. The van der Waals surface area contributed by atoms with E-state index in [9.17, 15) is 9.59 Å². The van der Waals surface area contributed by atoms with E-state index >= 15 is 0 Å². The second-order valence-corrected chi connectivity index (χ2v) is 10.2. The molecule has 1 N–H and O–H groups in total. The molecule has 8 nitrogen and oxygen atoms in total. The maximum absolute atomic E-state index is 13.2. The number of amides is 2. The maximum Gasteiger partial charge on any atom is 0.257 e. The molecule has 186 valence electrons. The average molecular weight is 478 g/mol. The lowest BCUT2D eigenvalue weighted by atomic mass is 10.0. The lowest BCUT2D eigenvalue weighted by molar-refractivity contribution is -0.125. The van der Waals surface area contributed by atoms with Crippen LogP contribution in [-0.2, 0) is 9.53 Å². The van der Waals surface area contributed by atoms with E-state index in [-0.39, 0.29) is 23.8 Å². The van der Waals surface area contributed by atoms with E-state index in [0.29, 0.717) is 30.6 Å². The predicted molar refractivity (Wildman–Crippen MR) is 132 cm³/mol. The van der Waals surface area contributed by atoms with Gasteiger partial charge < -0.3 is 19.9 Å². The highest BCUT2D eigenvalue weighted by Gasteiger charge is 2.42. The first-order valence-electron chi connectivity index (χ1n) is 12.7. The molecule has 3 saturated heterocycles. The van der Waals surface area contributed by atoms with Gasteiger partial charge in [0.2, 0.25) is 5.91 Å². The number of benzene rings is 1. The summed E-state index contributed by atoms with van der Waals surface area (Å²) in [7, 11) is 0. The summed E-state index contributed by atoms with van der Waals surface area (Å²) in [5.74, 6) is 1.09. The van der Waals surface area contributed by atoms with Gasteiger partial charge in [-0.25, -0.2) is 9.97 Å². The summed E-state index contributed by atoms with van der Waals surface area (Å²) in [6.45, 7) is 9.42. The molecule has 3 fully saturated rings. The zero-order valence-electron chi connectivity index (χ0n) is 20.7. The van der Waals surface area contributed by atoms with E-state index in [4.69, 9.17) is 4.74 Å². The van der Waals surface area contributed by atoms with Crippen molar-refractivity contribution in [3.05, 3.63) is 59.2 Å². The van der Waals surface area contributed by atoms with Crippen molar-refractivity contribution in [1.29, 1.82) is 0 Å². The Hall–Kier alpha value is -2.84. The summed E-state index contributed by atoms with van der Waals surface area (Å²) in [5, 5.41) is 3.29. The fraction of sp³-hybridized carbons (Fsp3) is 0.556. The molecular weight excluding hydrogens is 442 g/mol. The molecule has 2 aromatic rings. The number of nitrogens with one attached hydrogen (secondary N) is 1. The number of carbonyl (C=O) groups is 2. The zero-order chi connectivity index (χ0) is 24.4. The minimum atomic E-state index is -0.0434. The van der Waals surface area contributed by atoms with Gasteiger partial charge in [0, 0.05) is 39.3 Å². The van der Waals surface area contributed by atoms with Crippen LogP contribution in [-0.4, -0.2) is 77.5 Å². The van der Waals surface area contributed by atoms with Crippen LogP contribution in [0, 0.1) is 31.6 Å². The first-order valence-corrected chi connectivity index (χ1v) is 12.7. The van der Waals surface area contributed by atoms with Gasteiger partial charge in [-0.15, -0.1) is 0 Å². The van der Waals surface area contributed by atoms with E-state index < -0.39 is 0 Å². The highest BCUT2D eigenvalue weighted by Crippen LogP contribution is 2.33. The Balaban J connectivity index is 1.17. The van der Waals surface area contributed by atoms with Crippen LogP contribution in [0.15, 0.2) is 36.7 Å². The smallest absolute Gasteiger partial charge is 0.257 e. The molecule has 0 spiro atoms. The van der Waals surface area contributed by atoms with Crippen molar-refractivity contribution in [2.45, 2.75) is 32.7 Å². The van der Waals surface area contributed by atoms with Gasteiger partial charge in [-0.05, 0) is 44.1 Å². The molecule has 3 aliphatic heterocycles. The minimum Gasteiger partial charge on any atom is -0.381 e. The van der Waals surface area contributed by atoms with Crippen LogP contribution in [0.5, 0.6) is 0 Å². The van der Waals surface area contributed by atoms with Crippen LogP contribution in [0.2, 0.25) is 0 Å². The van der Waals surface area contributed by atoms with Crippen molar-refractivity contribution >= 4 is 11.8 Å². The Kier molecular flexibility index (Phi) is 7.11. The molecule has 0 bridgehead atoms. The summed E-state index contributed by atoms with van der Waals surface area (Å²) in [6.07, 6.45) is 3.18. The van der Waals surface area contributed by atoms with E-state index in [1.807, 2.05) is 36.9 Å². The van der Waals surface area contributed by atoms with Crippen LogP contribution in [0.3, 0.4) is 0 Å². The summed E-state index contributed by atoms with van der Waals surface area (Å²) in [4.78, 5) is 38.9. The van der Waals surface area contributed by atoms with Gasteiger partial charge in [-0.1, -0.05) is 30.3 Å². The summed E-state index contributed by atoms with van der Waals surface area (Å²) in [6, 6.07) is 10.2. The average Bonchev–Trinajstić information content (AvgIpc) is 3.59. The molecule has 4 heterocycles. The van der Waals surface area contributed by atoms with Gasteiger partial charge in [0.05, 0.1) is 35.5 Å². The lowest BCUT2D eigenvalue weighted by Crippen LogP contribution is -2.37. The molecule has 0 aliphatic carbocycles. The first-order chi connectivity index (χ1) is 17.0. The summed E-state index contributed by atoms with van der Waals surface area (Å²) in [5.41, 5.74) is 3.30. The van der Waals surface area contributed by atoms with Crippen LogP contribution >= 0.6 is 0 Å². The Labute approximate surface area is 207 Å². The number of carbonyl (C=O) groups excluding carboxylic acids is 2. The van der Waals surface area contributed by atoms with Crippen LogP contribution < -0.4 is 5.32 Å². The fourth-order valence-electron chi connectivity index (χ4n) is 5.85. The Morgan fingerprint density at radius 1 is 1.06 bits per heavy atom. The molecule has 2 amide bonds. The van der Waals surface area contributed by atoms with Crippen molar-refractivity contribution in [1.82, 2.24) is 25.1 Å². The first kappa shape index (κ1) is 23.9. The largest absolute Gasteiger partial charge is 0.381 e. The highest BCUT2D eigenvalue weighted by atomic mass is 16.5. The maximum atomic E-state index is 13.2. The minimum absolute atomic E-state index is 0.00755. The van der Waals surface area contributed by atoms with Crippen molar-refractivity contribution in [2.24, 2.45) is 17.8 Å². The van der Waals surface area contributed by atoms with Crippen molar-refractivity contribution in [2.75, 3.05) is 45.9 Å². The quantitative estimate of drug-likeness (QED) is 0.659. The van der Waals surface area contributed by atoms with Crippen LogP contribution in [0.1, 0.15) is 46.2 Å². The third-order valence-corrected chi connectivity index (χ3v) is 7.84. The summed E-state index contributed by atoms with van der Waals surface area (Å²) < 4.78 is 5.41. The van der Waals surface area contributed by atoms with Gasteiger partial charge in [0.15, 0.2) is 0 Å². The van der Waals surface area contributed by atoms with Gasteiger partial charge in [0.1, 0.15) is 6.33 Å². The lowest BCUT2D eigenvalue weighted by Gasteiger charge is -2.25. The molecule has 8 heteroatoms. The molecule has 0 saturated carbocycles. The molecule has 1 aromatic heterocycles. The van der Waals surface area contributed by atoms with Crippen molar-refractivity contribution < 1.29 is 14.3 Å². The molecule has 4 atom stereocenters. The van der Waals surface area contributed by atoms with Gasteiger partial charge >= 0.3 is 0 Å². The number of rotatable bonds is 7. The van der Waals surface area contributed by atoms with Gasteiger partial charge in [-0.2, -0.15) is 0 Å². The highest BCUT2D eigenvalue weighted by molar-refractivity contribution is 5.96. The third kappa shape index (κ3) is 5.23. The number of aryl methyl sites for hydroxylation is 2. The number of hydrogen-bond donors (Lipinski definition) is 1. The molecule has 35 heavy (non-hydrogen) atoms. The van der Waals surface area contributed by atoms with Gasteiger partial charge in [0.25, 0.3) is 5.91 Å². The Morgan fingerprint density at radius 2 is 1.74 bits per heavy atom. The van der Waals surface area contributed by atoms with Crippen molar-refractivity contribution in [3.8, 4) is 0 Å². The van der Waals surface area contributed by atoms with E-state index in [0.717, 1.165) is 62.5 Å². The monoisotopic (exact) mass is 477 g/mol. The SMILES string of the molecule is Cc1ncnc(C)c1C(=O)N1CC2CN(CC[C@H](NC(=O)C3CCOC3)c3ccccc3)CC2C1. The molecule has 3 aliphatic rings. The second kappa shape index (κ2) is 10.4.